The van der Waals surface area contributed by atoms with Gasteiger partial charge >= 0.3 is 12.1 Å². The van der Waals surface area contributed by atoms with Crippen molar-refractivity contribution in [1.82, 2.24) is 10.6 Å². The number of alkyl carbamates (subject to hydrolysis) is 1. The van der Waals surface area contributed by atoms with Crippen LogP contribution in [0.2, 0.25) is 0 Å². The summed E-state index contributed by atoms with van der Waals surface area (Å²) < 4.78 is 5.03. The summed E-state index contributed by atoms with van der Waals surface area (Å²) >= 11 is 1.54. The number of amides is 2. The van der Waals surface area contributed by atoms with E-state index in [0.717, 1.165) is 5.56 Å². The third-order valence-electron chi connectivity index (χ3n) is 3.73. The first-order valence-electron chi connectivity index (χ1n) is 8.82. The Morgan fingerprint density at radius 2 is 1.78 bits per heavy atom. The molecule has 0 bridgehead atoms. The zero-order valence-corrected chi connectivity index (χ0v) is 16.8. The van der Waals surface area contributed by atoms with Crippen LogP contribution in [0.1, 0.15) is 25.8 Å². The number of hydrogen-bond acceptors (Lipinski definition) is 5. The first-order valence-corrected chi connectivity index (χ1v) is 10.2. The second-order valence-electron chi connectivity index (χ2n) is 6.54. The van der Waals surface area contributed by atoms with E-state index < -0.39 is 30.1 Å². The molecule has 0 saturated carbocycles. The molecule has 0 aliphatic heterocycles. The van der Waals surface area contributed by atoms with E-state index in [2.05, 4.69) is 10.6 Å². The zero-order valence-electron chi connectivity index (χ0n) is 15.9. The summed E-state index contributed by atoms with van der Waals surface area (Å²) in [5.74, 6) is -0.872. The van der Waals surface area contributed by atoms with E-state index in [-0.39, 0.29) is 18.9 Å². The Labute approximate surface area is 164 Å². The largest absolute Gasteiger partial charge is 0.480 e. The van der Waals surface area contributed by atoms with E-state index in [9.17, 15) is 19.5 Å². The van der Waals surface area contributed by atoms with Gasteiger partial charge in [0.25, 0.3) is 0 Å². The molecule has 2 amide bonds. The molecule has 2 atom stereocenters. The summed E-state index contributed by atoms with van der Waals surface area (Å²) in [7, 11) is 0. The van der Waals surface area contributed by atoms with Gasteiger partial charge in [0.15, 0.2) is 0 Å². The Morgan fingerprint density at radius 3 is 2.33 bits per heavy atom. The molecule has 0 radical (unpaired) electrons. The molecule has 150 valence electrons. The van der Waals surface area contributed by atoms with Crippen molar-refractivity contribution >= 4 is 29.7 Å². The van der Waals surface area contributed by atoms with Crippen molar-refractivity contribution in [2.24, 2.45) is 5.92 Å². The highest BCUT2D eigenvalue weighted by molar-refractivity contribution is 7.98. The topological polar surface area (TPSA) is 105 Å². The molecule has 0 aliphatic rings. The molecule has 0 unspecified atom stereocenters. The van der Waals surface area contributed by atoms with Crippen molar-refractivity contribution in [2.75, 3.05) is 18.6 Å². The van der Waals surface area contributed by atoms with Gasteiger partial charge in [-0.05, 0) is 24.2 Å². The maximum atomic E-state index is 12.6. The average Bonchev–Trinajstić information content (AvgIpc) is 2.61. The molecule has 7 nitrogen and oxygen atoms in total. The molecular weight excluding hydrogens is 368 g/mol. The minimum atomic E-state index is -1.13. The highest BCUT2D eigenvalue weighted by Gasteiger charge is 2.27. The molecule has 8 heteroatoms. The monoisotopic (exact) mass is 396 g/mol. The molecular formula is C19H28N2O5S. The predicted molar refractivity (Wildman–Crippen MR) is 106 cm³/mol. The first kappa shape index (κ1) is 22.8. The zero-order chi connectivity index (χ0) is 20.2. The van der Waals surface area contributed by atoms with E-state index in [0.29, 0.717) is 12.2 Å². The lowest BCUT2D eigenvalue weighted by atomic mass is 10.0. The summed E-state index contributed by atoms with van der Waals surface area (Å²) in [4.78, 5) is 36.0. The Balaban J connectivity index is 2.73. The van der Waals surface area contributed by atoms with Gasteiger partial charge in [0.1, 0.15) is 18.7 Å². The fourth-order valence-corrected chi connectivity index (χ4v) is 2.68. The standard InChI is InChI=1S/C19H28N2O5S/c1-13(2)11-15(21-19(25)26-9-10-27-3)17(22)20-16(18(23)24)12-14-7-5-4-6-8-14/h4-8,13,15-16H,9-12H2,1-3H3,(H,20,22)(H,21,25)(H,23,24)/t15-,16-/m0/s1. The number of benzene rings is 1. The normalized spacial score (nSPS) is 12.9. The first-order chi connectivity index (χ1) is 12.8. The van der Waals surface area contributed by atoms with Gasteiger partial charge in [-0.3, -0.25) is 4.79 Å². The number of carbonyl (C=O) groups is 3. The van der Waals surface area contributed by atoms with Crippen LogP contribution < -0.4 is 10.6 Å². The smallest absolute Gasteiger partial charge is 0.407 e. The molecule has 1 rings (SSSR count). The van der Waals surface area contributed by atoms with E-state index >= 15 is 0 Å². The van der Waals surface area contributed by atoms with Crippen molar-refractivity contribution in [3.8, 4) is 0 Å². The Kier molecular flexibility index (Phi) is 10.3. The minimum absolute atomic E-state index is 0.129. The highest BCUT2D eigenvalue weighted by Crippen LogP contribution is 2.08. The molecule has 0 aromatic heterocycles. The van der Waals surface area contributed by atoms with Crippen LogP contribution in [0.15, 0.2) is 30.3 Å². The number of carboxylic acids is 1. The van der Waals surface area contributed by atoms with Gasteiger partial charge in [-0.1, -0.05) is 44.2 Å². The van der Waals surface area contributed by atoms with Crippen molar-refractivity contribution in [3.63, 3.8) is 0 Å². The summed E-state index contributed by atoms with van der Waals surface area (Å²) in [6.07, 6.45) is 1.75. The molecule has 0 aliphatic carbocycles. The number of carboxylic acid groups (broad SMARTS) is 1. The van der Waals surface area contributed by atoms with Crippen LogP contribution in [0.25, 0.3) is 0 Å². The number of carbonyl (C=O) groups excluding carboxylic acids is 2. The van der Waals surface area contributed by atoms with Crippen LogP contribution in [0.3, 0.4) is 0 Å². The summed E-state index contributed by atoms with van der Waals surface area (Å²) in [5, 5.41) is 14.5. The molecule has 0 spiro atoms. The van der Waals surface area contributed by atoms with Crippen molar-refractivity contribution < 1.29 is 24.2 Å². The lowest BCUT2D eigenvalue weighted by molar-refractivity contribution is -0.142. The molecule has 0 fully saturated rings. The van der Waals surface area contributed by atoms with Crippen LogP contribution in [0.4, 0.5) is 4.79 Å². The number of nitrogens with one attached hydrogen (secondary N) is 2. The van der Waals surface area contributed by atoms with Crippen molar-refractivity contribution in [3.05, 3.63) is 35.9 Å². The van der Waals surface area contributed by atoms with Gasteiger partial charge in [0.05, 0.1) is 0 Å². The number of aliphatic carboxylic acids is 1. The predicted octanol–water partition coefficient (Wildman–Crippen LogP) is 2.30. The van der Waals surface area contributed by atoms with Crippen LogP contribution in [0, 0.1) is 5.92 Å². The van der Waals surface area contributed by atoms with E-state index in [4.69, 9.17) is 4.74 Å². The second-order valence-corrected chi connectivity index (χ2v) is 7.53. The van der Waals surface area contributed by atoms with E-state index in [1.54, 1.807) is 23.9 Å². The van der Waals surface area contributed by atoms with Gasteiger partial charge in [-0.15, -0.1) is 0 Å². The third-order valence-corrected chi connectivity index (χ3v) is 4.31. The SMILES string of the molecule is CSCCOC(=O)N[C@@H](CC(C)C)C(=O)N[C@@H](Cc1ccccc1)C(=O)O. The average molecular weight is 397 g/mol. The van der Waals surface area contributed by atoms with E-state index in [1.807, 2.05) is 38.3 Å². The Hall–Kier alpha value is -2.22. The van der Waals surface area contributed by atoms with Crippen LogP contribution in [-0.4, -0.2) is 53.8 Å². The quantitative estimate of drug-likeness (QED) is 0.496. The number of rotatable bonds is 11. The molecule has 0 heterocycles. The third kappa shape index (κ3) is 9.33. The fraction of sp³-hybridized carbons (Fsp3) is 0.526. The number of thioether (sulfide) groups is 1. The number of hydrogen-bond donors (Lipinski definition) is 3. The fourth-order valence-electron chi connectivity index (χ4n) is 2.43. The molecule has 3 N–H and O–H groups in total. The Morgan fingerprint density at radius 1 is 1.11 bits per heavy atom. The van der Waals surface area contributed by atoms with Gasteiger partial charge < -0.3 is 20.5 Å². The number of ether oxygens (including phenoxy) is 1. The molecule has 0 saturated heterocycles. The summed E-state index contributed by atoms with van der Waals surface area (Å²) in [5.41, 5.74) is 0.801. The molecule has 1 aromatic carbocycles. The lowest BCUT2D eigenvalue weighted by Crippen LogP contribution is -2.52. The molecule has 27 heavy (non-hydrogen) atoms. The van der Waals surface area contributed by atoms with Gasteiger partial charge in [0, 0.05) is 12.2 Å². The van der Waals surface area contributed by atoms with Crippen LogP contribution >= 0.6 is 11.8 Å². The minimum Gasteiger partial charge on any atom is -0.480 e. The van der Waals surface area contributed by atoms with Crippen molar-refractivity contribution in [2.45, 2.75) is 38.8 Å². The summed E-state index contributed by atoms with van der Waals surface area (Å²) in [6, 6.07) is 7.12. The van der Waals surface area contributed by atoms with Crippen molar-refractivity contribution in [1.29, 1.82) is 0 Å². The van der Waals surface area contributed by atoms with Crippen LogP contribution in [0.5, 0.6) is 0 Å². The molecule has 1 aromatic rings. The van der Waals surface area contributed by atoms with E-state index in [1.165, 1.54) is 0 Å². The highest BCUT2D eigenvalue weighted by atomic mass is 32.2. The lowest BCUT2D eigenvalue weighted by Gasteiger charge is -2.22. The summed E-state index contributed by atoms with van der Waals surface area (Å²) in [6.45, 7) is 4.08. The van der Waals surface area contributed by atoms with Crippen LogP contribution in [-0.2, 0) is 20.7 Å². The Bertz CT molecular complexity index is 609. The van der Waals surface area contributed by atoms with Gasteiger partial charge in [-0.25, -0.2) is 9.59 Å². The maximum absolute atomic E-state index is 12.6. The second kappa shape index (κ2) is 12.2. The maximum Gasteiger partial charge on any atom is 0.407 e. The van der Waals surface area contributed by atoms with Gasteiger partial charge in [-0.2, -0.15) is 11.8 Å². The van der Waals surface area contributed by atoms with Gasteiger partial charge in [0.2, 0.25) is 5.91 Å².